The molecule has 1 aromatic heterocycles. The molecule has 2 aromatic carbocycles. The first-order valence-corrected chi connectivity index (χ1v) is 9.62. The Morgan fingerprint density at radius 1 is 1.08 bits per heavy atom. The highest BCUT2D eigenvalue weighted by molar-refractivity contribution is 7.12. The van der Waals surface area contributed by atoms with Crippen molar-refractivity contribution in [2.45, 2.75) is 33.8 Å². The second-order valence-corrected chi connectivity index (χ2v) is 7.20. The Kier molecular flexibility index (Phi) is 5.74. The Labute approximate surface area is 158 Å². The van der Waals surface area contributed by atoms with Crippen LogP contribution in [0.25, 0.3) is 0 Å². The molecule has 134 valence electrons. The SMILES string of the molecule is CCc1ccccc1NC(=O)c1cc(COc2c(C)cccc2C)cs1. The quantitative estimate of drug-likeness (QED) is 0.603. The zero-order valence-electron chi connectivity index (χ0n) is 15.3. The highest BCUT2D eigenvalue weighted by Gasteiger charge is 2.12. The topological polar surface area (TPSA) is 38.3 Å². The first kappa shape index (κ1) is 18.2. The second kappa shape index (κ2) is 8.19. The van der Waals surface area contributed by atoms with Gasteiger partial charge in [-0.1, -0.05) is 43.3 Å². The number of aryl methyl sites for hydroxylation is 3. The Hall–Kier alpha value is -2.59. The molecule has 0 saturated carbocycles. The average molecular weight is 365 g/mol. The molecule has 0 aliphatic rings. The van der Waals surface area contributed by atoms with Crippen molar-refractivity contribution in [1.29, 1.82) is 0 Å². The molecule has 0 unspecified atom stereocenters. The first-order valence-electron chi connectivity index (χ1n) is 8.74. The Balaban J connectivity index is 1.67. The van der Waals surface area contributed by atoms with Crippen LogP contribution in [0.15, 0.2) is 53.9 Å². The molecule has 0 atom stereocenters. The third-order valence-electron chi connectivity index (χ3n) is 4.32. The largest absolute Gasteiger partial charge is 0.488 e. The summed E-state index contributed by atoms with van der Waals surface area (Å²) >= 11 is 1.44. The minimum atomic E-state index is -0.0748. The lowest BCUT2D eigenvalue weighted by Crippen LogP contribution is -2.11. The highest BCUT2D eigenvalue weighted by Crippen LogP contribution is 2.25. The molecule has 0 saturated heterocycles. The maximum Gasteiger partial charge on any atom is 0.265 e. The minimum Gasteiger partial charge on any atom is -0.488 e. The van der Waals surface area contributed by atoms with Crippen LogP contribution < -0.4 is 10.1 Å². The van der Waals surface area contributed by atoms with Crippen molar-refractivity contribution in [2.24, 2.45) is 0 Å². The fourth-order valence-corrected chi connectivity index (χ4v) is 3.68. The average Bonchev–Trinajstić information content (AvgIpc) is 3.11. The Bertz CT molecular complexity index is 894. The number of carbonyl (C=O) groups is 1. The molecule has 1 heterocycles. The molecular weight excluding hydrogens is 342 g/mol. The van der Waals surface area contributed by atoms with Gasteiger partial charge in [-0.25, -0.2) is 0 Å². The summed E-state index contributed by atoms with van der Waals surface area (Å²) in [4.78, 5) is 13.2. The minimum absolute atomic E-state index is 0.0748. The molecule has 0 radical (unpaired) electrons. The Morgan fingerprint density at radius 2 is 1.81 bits per heavy atom. The molecule has 4 heteroatoms. The van der Waals surface area contributed by atoms with E-state index in [1.165, 1.54) is 11.3 Å². The molecule has 0 bridgehead atoms. The lowest BCUT2D eigenvalue weighted by atomic mass is 10.1. The van der Waals surface area contributed by atoms with Crippen LogP contribution in [0.5, 0.6) is 5.75 Å². The number of para-hydroxylation sites is 2. The molecule has 1 amide bonds. The number of carbonyl (C=O) groups excluding carboxylic acids is 1. The van der Waals surface area contributed by atoms with E-state index in [4.69, 9.17) is 4.74 Å². The van der Waals surface area contributed by atoms with Gasteiger partial charge in [0.15, 0.2) is 0 Å². The molecule has 3 rings (SSSR count). The number of thiophene rings is 1. The van der Waals surface area contributed by atoms with Gasteiger partial charge in [0.25, 0.3) is 5.91 Å². The van der Waals surface area contributed by atoms with Crippen LogP contribution in [0.3, 0.4) is 0 Å². The van der Waals surface area contributed by atoms with Crippen LogP contribution in [-0.4, -0.2) is 5.91 Å². The zero-order valence-corrected chi connectivity index (χ0v) is 16.2. The number of ether oxygens (including phenoxy) is 1. The maximum atomic E-state index is 12.5. The van der Waals surface area contributed by atoms with Gasteiger partial charge in [-0.2, -0.15) is 0 Å². The van der Waals surface area contributed by atoms with Crippen molar-refractivity contribution in [3.05, 3.63) is 81.0 Å². The maximum absolute atomic E-state index is 12.5. The van der Waals surface area contributed by atoms with Gasteiger partial charge in [0, 0.05) is 11.3 Å². The van der Waals surface area contributed by atoms with E-state index >= 15 is 0 Å². The van der Waals surface area contributed by atoms with E-state index in [2.05, 4.69) is 12.2 Å². The van der Waals surface area contributed by atoms with E-state index < -0.39 is 0 Å². The van der Waals surface area contributed by atoms with Crippen LogP contribution >= 0.6 is 11.3 Å². The third kappa shape index (κ3) is 4.14. The third-order valence-corrected chi connectivity index (χ3v) is 5.29. The van der Waals surface area contributed by atoms with E-state index in [0.29, 0.717) is 11.5 Å². The summed E-state index contributed by atoms with van der Waals surface area (Å²) in [5.74, 6) is 0.843. The molecule has 0 fully saturated rings. The highest BCUT2D eigenvalue weighted by atomic mass is 32.1. The van der Waals surface area contributed by atoms with E-state index in [9.17, 15) is 4.79 Å². The van der Waals surface area contributed by atoms with Gasteiger partial charge in [-0.05, 0) is 54.5 Å². The van der Waals surface area contributed by atoms with Gasteiger partial charge in [0.05, 0.1) is 4.88 Å². The van der Waals surface area contributed by atoms with Gasteiger partial charge in [0.1, 0.15) is 12.4 Å². The number of anilines is 1. The standard InChI is InChI=1S/C22H23NO2S/c1-4-18-10-5-6-11-19(18)23-22(24)20-12-17(14-26-20)13-25-21-15(2)8-7-9-16(21)3/h5-12,14H,4,13H2,1-3H3,(H,23,24). The second-order valence-electron chi connectivity index (χ2n) is 6.29. The summed E-state index contributed by atoms with van der Waals surface area (Å²) in [6.45, 7) is 6.63. The van der Waals surface area contributed by atoms with E-state index in [-0.39, 0.29) is 5.91 Å². The van der Waals surface area contributed by atoms with Crippen LogP contribution in [-0.2, 0) is 13.0 Å². The van der Waals surface area contributed by atoms with Crippen molar-refractivity contribution >= 4 is 22.9 Å². The van der Waals surface area contributed by atoms with Crippen LogP contribution in [0.4, 0.5) is 5.69 Å². The predicted molar refractivity (Wildman–Crippen MR) is 108 cm³/mol. The summed E-state index contributed by atoms with van der Waals surface area (Å²) in [6.07, 6.45) is 0.885. The van der Waals surface area contributed by atoms with Crippen molar-refractivity contribution in [2.75, 3.05) is 5.32 Å². The van der Waals surface area contributed by atoms with Gasteiger partial charge in [-0.15, -0.1) is 11.3 Å². The fraction of sp³-hybridized carbons (Fsp3) is 0.227. The smallest absolute Gasteiger partial charge is 0.265 e. The molecule has 0 spiro atoms. The summed E-state index contributed by atoms with van der Waals surface area (Å²) in [5.41, 5.74) is 5.26. The molecule has 3 aromatic rings. The van der Waals surface area contributed by atoms with Gasteiger partial charge in [-0.3, -0.25) is 4.79 Å². The molecule has 26 heavy (non-hydrogen) atoms. The van der Waals surface area contributed by atoms with Gasteiger partial charge >= 0.3 is 0 Å². The van der Waals surface area contributed by atoms with Crippen molar-refractivity contribution in [3.63, 3.8) is 0 Å². The van der Waals surface area contributed by atoms with Crippen molar-refractivity contribution in [3.8, 4) is 5.75 Å². The number of hydrogen-bond donors (Lipinski definition) is 1. The number of amides is 1. The summed E-state index contributed by atoms with van der Waals surface area (Å²) < 4.78 is 5.98. The summed E-state index contributed by atoms with van der Waals surface area (Å²) in [7, 11) is 0. The number of benzene rings is 2. The summed E-state index contributed by atoms with van der Waals surface area (Å²) in [6, 6.07) is 15.9. The number of rotatable bonds is 6. The predicted octanol–water partition coefficient (Wildman–Crippen LogP) is 5.76. The van der Waals surface area contributed by atoms with Gasteiger partial charge < -0.3 is 10.1 Å². The van der Waals surface area contributed by atoms with Crippen LogP contribution in [0.2, 0.25) is 0 Å². The fourth-order valence-electron chi connectivity index (χ4n) is 2.89. The molecule has 0 aliphatic carbocycles. The number of nitrogens with one attached hydrogen (secondary N) is 1. The lowest BCUT2D eigenvalue weighted by molar-refractivity contribution is 0.103. The van der Waals surface area contributed by atoms with Gasteiger partial charge in [0.2, 0.25) is 0 Å². The van der Waals surface area contributed by atoms with E-state index in [0.717, 1.165) is 40.1 Å². The zero-order chi connectivity index (χ0) is 18.5. The van der Waals surface area contributed by atoms with Crippen molar-refractivity contribution < 1.29 is 9.53 Å². The molecule has 1 N–H and O–H groups in total. The van der Waals surface area contributed by atoms with Crippen LogP contribution in [0.1, 0.15) is 38.8 Å². The normalized spacial score (nSPS) is 10.6. The lowest BCUT2D eigenvalue weighted by Gasteiger charge is -2.11. The van der Waals surface area contributed by atoms with Crippen LogP contribution in [0, 0.1) is 13.8 Å². The molecule has 0 aliphatic heterocycles. The number of hydrogen-bond acceptors (Lipinski definition) is 3. The summed E-state index contributed by atoms with van der Waals surface area (Å²) in [5, 5.41) is 4.99. The molecular formula is C22H23NO2S. The Morgan fingerprint density at radius 3 is 2.54 bits per heavy atom. The van der Waals surface area contributed by atoms with E-state index in [1.807, 2.05) is 67.8 Å². The van der Waals surface area contributed by atoms with E-state index in [1.54, 1.807) is 0 Å². The van der Waals surface area contributed by atoms with Crippen molar-refractivity contribution in [1.82, 2.24) is 0 Å². The first-order chi connectivity index (χ1) is 12.6. The molecule has 3 nitrogen and oxygen atoms in total. The monoisotopic (exact) mass is 365 g/mol.